The molecular formula is C19H14O2. The van der Waals surface area contributed by atoms with Crippen LogP contribution in [0, 0.1) is 0 Å². The lowest BCUT2D eigenvalue weighted by atomic mass is 9.89. The average molecular weight is 274 g/mol. The molecule has 1 aliphatic carbocycles. The molecule has 0 spiro atoms. The highest BCUT2D eigenvalue weighted by Gasteiger charge is 2.29. The predicted molar refractivity (Wildman–Crippen MR) is 82.6 cm³/mol. The number of rotatable bonds is 1. The van der Waals surface area contributed by atoms with E-state index in [1.54, 1.807) is 12.1 Å². The van der Waals surface area contributed by atoms with Crippen LogP contribution in [0.5, 0.6) is 11.5 Å². The number of fused-ring (bicyclic) bond motifs is 3. The molecule has 102 valence electrons. The quantitative estimate of drug-likeness (QED) is 0.509. The van der Waals surface area contributed by atoms with Crippen LogP contribution in [0.3, 0.4) is 0 Å². The molecule has 0 saturated heterocycles. The fraction of sp³-hybridized carbons (Fsp3) is 0.0526. The van der Waals surface area contributed by atoms with Gasteiger partial charge in [0.15, 0.2) is 11.5 Å². The fourth-order valence-electron chi connectivity index (χ4n) is 3.23. The first-order valence-corrected chi connectivity index (χ1v) is 6.96. The van der Waals surface area contributed by atoms with Gasteiger partial charge >= 0.3 is 0 Å². The largest absolute Gasteiger partial charge is 0.504 e. The third-order valence-corrected chi connectivity index (χ3v) is 4.17. The van der Waals surface area contributed by atoms with Gasteiger partial charge in [-0.2, -0.15) is 0 Å². The molecule has 2 heteroatoms. The molecule has 0 radical (unpaired) electrons. The third-order valence-electron chi connectivity index (χ3n) is 4.17. The highest BCUT2D eigenvalue weighted by molar-refractivity contribution is 5.80. The Labute approximate surface area is 122 Å². The molecule has 2 nitrogen and oxygen atoms in total. The zero-order chi connectivity index (χ0) is 14.4. The van der Waals surface area contributed by atoms with E-state index in [1.165, 1.54) is 22.3 Å². The van der Waals surface area contributed by atoms with Gasteiger partial charge in [0.25, 0.3) is 0 Å². The van der Waals surface area contributed by atoms with Crippen molar-refractivity contribution in [3.63, 3.8) is 0 Å². The van der Waals surface area contributed by atoms with Gasteiger partial charge in [0.05, 0.1) is 0 Å². The van der Waals surface area contributed by atoms with Crippen LogP contribution in [0.25, 0.3) is 11.1 Å². The zero-order valence-electron chi connectivity index (χ0n) is 11.3. The summed E-state index contributed by atoms with van der Waals surface area (Å²) >= 11 is 0. The smallest absolute Gasteiger partial charge is 0.157 e. The van der Waals surface area contributed by atoms with E-state index in [0.29, 0.717) is 0 Å². The minimum atomic E-state index is -0.0849. The van der Waals surface area contributed by atoms with Crippen molar-refractivity contribution in [2.45, 2.75) is 5.92 Å². The van der Waals surface area contributed by atoms with Crippen LogP contribution in [-0.4, -0.2) is 10.2 Å². The van der Waals surface area contributed by atoms with Crippen molar-refractivity contribution in [3.8, 4) is 22.6 Å². The lowest BCUT2D eigenvalue weighted by Gasteiger charge is -2.15. The minimum absolute atomic E-state index is 0.0747. The predicted octanol–water partition coefficient (Wildman–Crippen LogP) is 4.26. The summed E-state index contributed by atoms with van der Waals surface area (Å²) in [4.78, 5) is 0. The van der Waals surface area contributed by atoms with Crippen LogP contribution in [0.15, 0.2) is 66.7 Å². The van der Waals surface area contributed by atoms with Crippen LogP contribution in [0.4, 0.5) is 0 Å². The Bertz CT molecular complexity index is 791. The normalized spacial score (nSPS) is 13.0. The number of phenols is 2. The molecule has 21 heavy (non-hydrogen) atoms. The van der Waals surface area contributed by atoms with E-state index >= 15 is 0 Å². The second kappa shape index (κ2) is 4.38. The van der Waals surface area contributed by atoms with E-state index in [0.717, 1.165) is 5.56 Å². The van der Waals surface area contributed by atoms with Crippen molar-refractivity contribution in [1.82, 2.24) is 0 Å². The number of hydrogen-bond acceptors (Lipinski definition) is 2. The number of hydrogen-bond donors (Lipinski definition) is 2. The summed E-state index contributed by atoms with van der Waals surface area (Å²) in [6.45, 7) is 0. The van der Waals surface area contributed by atoms with E-state index < -0.39 is 0 Å². The van der Waals surface area contributed by atoms with Crippen molar-refractivity contribution >= 4 is 0 Å². The van der Waals surface area contributed by atoms with E-state index in [9.17, 15) is 10.2 Å². The number of benzene rings is 3. The fourth-order valence-corrected chi connectivity index (χ4v) is 3.23. The highest BCUT2D eigenvalue weighted by atomic mass is 16.3. The van der Waals surface area contributed by atoms with Crippen LogP contribution < -0.4 is 0 Å². The Morgan fingerprint density at radius 3 is 1.76 bits per heavy atom. The molecule has 0 atom stereocenters. The maximum absolute atomic E-state index is 9.81. The van der Waals surface area contributed by atoms with Gasteiger partial charge in [0.1, 0.15) is 0 Å². The first-order chi connectivity index (χ1) is 10.3. The van der Waals surface area contributed by atoms with Gasteiger partial charge < -0.3 is 10.2 Å². The van der Waals surface area contributed by atoms with Gasteiger partial charge in [-0.3, -0.25) is 0 Å². The molecule has 0 saturated carbocycles. The van der Waals surface area contributed by atoms with Gasteiger partial charge in [0, 0.05) is 5.92 Å². The number of aromatic hydroxyl groups is 2. The Morgan fingerprint density at radius 1 is 0.619 bits per heavy atom. The van der Waals surface area contributed by atoms with Gasteiger partial charge in [-0.25, -0.2) is 0 Å². The first kappa shape index (κ1) is 12.0. The molecule has 1 aliphatic rings. The summed E-state index contributed by atoms with van der Waals surface area (Å²) in [7, 11) is 0. The van der Waals surface area contributed by atoms with Crippen molar-refractivity contribution in [3.05, 3.63) is 83.4 Å². The van der Waals surface area contributed by atoms with Gasteiger partial charge in [-0.05, 0) is 39.9 Å². The zero-order valence-corrected chi connectivity index (χ0v) is 11.3. The Morgan fingerprint density at radius 2 is 1.19 bits per heavy atom. The van der Waals surface area contributed by atoms with Crippen molar-refractivity contribution in [2.24, 2.45) is 0 Å². The molecule has 4 rings (SSSR count). The molecule has 0 unspecified atom stereocenters. The Balaban J connectivity index is 1.98. The minimum Gasteiger partial charge on any atom is -0.504 e. The van der Waals surface area contributed by atoms with Gasteiger partial charge in [-0.1, -0.05) is 54.6 Å². The monoisotopic (exact) mass is 274 g/mol. The molecule has 0 amide bonds. The first-order valence-electron chi connectivity index (χ1n) is 6.96. The SMILES string of the molecule is Oc1ccc(C2c3ccccc3-c3ccccc32)cc1O. The standard InChI is InChI=1S/C19H14O2/c20-17-10-9-12(11-18(17)21)19-15-7-3-1-5-13(15)14-6-2-4-8-16(14)19/h1-11,19-21H. The van der Waals surface area contributed by atoms with Crippen LogP contribution in [0.1, 0.15) is 22.6 Å². The molecule has 3 aromatic rings. The molecule has 0 heterocycles. The summed E-state index contributed by atoms with van der Waals surface area (Å²) in [5.41, 5.74) is 5.95. The second-order valence-electron chi connectivity index (χ2n) is 5.36. The van der Waals surface area contributed by atoms with Crippen LogP contribution in [-0.2, 0) is 0 Å². The summed E-state index contributed by atoms with van der Waals surface area (Å²) in [5, 5.41) is 19.3. The summed E-state index contributed by atoms with van der Waals surface area (Å²) in [6.07, 6.45) is 0. The maximum atomic E-state index is 9.81. The summed E-state index contributed by atoms with van der Waals surface area (Å²) in [5.74, 6) is -0.0587. The lowest BCUT2D eigenvalue weighted by Crippen LogP contribution is -1.98. The number of phenolic OH excluding ortho intramolecular Hbond substituents is 2. The van der Waals surface area contributed by atoms with Crippen LogP contribution in [0.2, 0.25) is 0 Å². The summed E-state index contributed by atoms with van der Waals surface area (Å²) < 4.78 is 0. The molecule has 2 N–H and O–H groups in total. The molecule has 0 aromatic heterocycles. The lowest BCUT2D eigenvalue weighted by molar-refractivity contribution is 0.403. The molecular weight excluding hydrogens is 260 g/mol. The topological polar surface area (TPSA) is 40.5 Å². The van der Waals surface area contributed by atoms with E-state index in [-0.39, 0.29) is 17.4 Å². The highest BCUT2D eigenvalue weighted by Crippen LogP contribution is 2.48. The second-order valence-corrected chi connectivity index (χ2v) is 5.36. The molecule has 0 bridgehead atoms. The van der Waals surface area contributed by atoms with Gasteiger partial charge in [0.2, 0.25) is 0 Å². The van der Waals surface area contributed by atoms with Crippen molar-refractivity contribution in [1.29, 1.82) is 0 Å². The van der Waals surface area contributed by atoms with Crippen molar-refractivity contribution < 1.29 is 10.2 Å². The molecule has 0 fully saturated rings. The Hall–Kier alpha value is -2.74. The summed E-state index contributed by atoms with van der Waals surface area (Å²) in [6, 6.07) is 21.8. The molecule has 0 aliphatic heterocycles. The van der Waals surface area contributed by atoms with E-state index in [1.807, 2.05) is 30.3 Å². The Kier molecular flexibility index (Phi) is 2.51. The third kappa shape index (κ3) is 1.73. The van der Waals surface area contributed by atoms with Crippen molar-refractivity contribution in [2.75, 3.05) is 0 Å². The molecule has 3 aromatic carbocycles. The van der Waals surface area contributed by atoms with Crippen LogP contribution >= 0.6 is 0 Å². The van der Waals surface area contributed by atoms with Gasteiger partial charge in [-0.15, -0.1) is 0 Å². The average Bonchev–Trinajstić information content (AvgIpc) is 2.85. The maximum Gasteiger partial charge on any atom is 0.157 e. The van der Waals surface area contributed by atoms with E-state index in [4.69, 9.17) is 0 Å². The van der Waals surface area contributed by atoms with E-state index in [2.05, 4.69) is 24.3 Å².